The van der Waals surface area contributed by atoms with Crippen LogP contribution in [-0.2, 0) is 0 Å². The highest BCUT2D eigenvalue weighted by atomic mass is 16.3. The molecule has 0 aromatic rings. The lowest BCUT2D eigenvalue weighted by Crippen LogP contribution is -2.54. The first-order valence-corrected chi connectivity index (χ1v) is 13.5. The van der Waals surface area contributed by atoms with Crippen LogP contribution in [0.2, 0.25) is 0 Å². The molecule has 4 rings (SSSR count). The molecule has 9 atom stereocenters. The molecule has 178 valence electrons. The molecule has 4 aliphatic carbocycles. The first-order valence-electron chi connectivity index (χ1n) is 13.5. The molecule has 0 saturated heterocycles. The molecule has 3 fully saturated rings. The maximum absolute atomic E-state index is 11.3. The highest BCUT2D eigenvalue weighted by molar-refractivity contribution is 5.31. The Morgan fingerprint density at radius 1 is 0.968 bits per heavy atom. The second-order valence-electron chi connectivity index (χ2n) is 13.6. The third kappa shape index (κ3) is 3.67. The second-order valence-corrected chi connectivity index (χ2v) is 13.6. The molecule has 2 nitrogen and oxygen atoms in total. The van der Waals surface area contributed by atoms with Crippen LogP contribution in [-0.4, -0.2) is 22.4 Å². The number of fused-ring (bicyclic) bond motifs is 5. The van der Waals surface area contributed by atoms with Crippen LogP contribution in [0.25, 0.3) is 0 Å². The average Bonchev–Trinajstić information content (AvgIpc) is 2.95. The van der Waals surface area contributed by atoms with Crippen molar-refractivity contribution in [2.45, 2.75) is 118 Å². The van der Waals surface area contributed by atoms with Gasteiger partial charge in [0, 0.05) is 5.41 Å². The average molecular weight is 431 g/mol. The van der Waals surface area contributed by atoms with E-state index in [0.717, 1.165) is 37.5 Å². The van der Waals surface area contributed by atoms with Gasteiger partial charge in [0.05, 0.1) is 12.2 Å². The van der Waals surface area contributed by atoms with Crippen LogP contribution in [0.4, 0.5) is 0 Å². The van der Waals surface area contributed by atoms with Gasteiger partial charge in [-0.3, -0.25) is 0 Å². The number of rotatable bonds is 5. The normalized spacial score (nSPS) is 47.4. The molecular weight excluding hydrogens is 380 g/mol. The summed E-state index contributed by atoms with van der Waals surface area (Å²) in [7, 11) is 0. The van der Waals surface area contributed by atoms with E-state index in [1.807, 2.05) is 0 Å². The molecule has 0 radical (unpaired) electrons. The number of allylic oxidation sites excluding steroid dienone is 1. The molecule has 0 aliphatic heterocycles. The summed E-state index contributed by atoms with van der Waals surface area (Å²) < 4.78 is 0. The van der Waals surface area contributed by atoms with Crippen molar-refractivity contribution in [3.05, 3.63) is 11.6 Å². The zero-order chi connectivity index (χ0) is 22.8. The minimum atomic E-state index is -0.207. The fraction of sp³-hybridized carbons (Fsp3) is 0.931. The standard InChI is InChI=1S/C29H50O2/c1-18(2)9-8-10-19(3)26-23(30)17-22-20-11-12-24-27(4,5)25(31)14-16-28(24,6)21(20)13-15-29(22,26)7/h12,18-23,25-26,30-31H,8-11,13-17H2,1-7H3/t19-,20?,21?,22?,23+,25+,26+,28-,29+/m1/s1. The maximum Gasteiger partial charge on any atom is 0.0628 e. The summed E-state index contributed by atoms with van der Waals surface area (Å²) in [6.07, 6.45) is 12.9. The van der Waals surface area contributed by atoms with Crippen LogP contribution in [0.5, 0.6) is 0 Å². The molecule has 4 aliphatic rings. The van der Waals surface area contributed by atoms with Crippen molar-refractivity contribution in [2.24, 2.45) is 51.8 Å². The largest absolute Gasteiger partial charge is 0.393 e. The quantitative estimate of drug-likeness (QED) is 0.461. The molecule has 0 bridgehead atoms. The van der Waals surface area contributed by atoms with Crippen molar-refractivity contribution in [2.75, 3.05) is 0 Å². The van der Waals surface area contributed by atoms with Gasteiger partial charge in [-0.1, -0.05) is 79.4 Å². The van der Waals surface area contributed by atoms with Gasteiger partial charge >= 0.3 is 0 Å². The monoisotopic (exact) mass is 430 g/mol. The Kier molecular flexibility index (Phi) is 6.26. The minimum absolute atomic E-state index is 0.0959. The SMILES string of the molecule is CC(C)CCC[C@@H](C)[C@H]1[C@@H](O)CC2C3CC=C4C(C)(C)[C@@H](O)CC[C@]4(C)C3CC[C@@]21C. The van der Waals surface area contributed by atoms with Crippen LogP contribution in [0.15, 0.2) is 11.6 Å². The Morgan fingerprint density at radius 3 is 2.35 bits per heavy atom. The lowest BCUT2D eigenvalue weighted by Gasteiger charge is -2.61. The lowest BCUT2D eigenvalue weighted by atomic mass is 9.44. The summed E-state index contributed by atoms with van der Waals surface area (Å²) in [5, 5.41) is 22.1. The van der Waals surface area contributed by atoms with Crippen LogP contribution >= 0.6 is 0 Å². The summed E-state index contributed by atoms with van der Waals surface area (Å²) in [6, 6.07) is 0. The molecule has 0 spiro atoms. The molecule has 0 heterocycles. The molecule has 0 aromatic carbocycles. The van der Waals surface area contributed by atoms with Gasteiger partial charge in [-0.05, 0) is 84.9 Å². The van der Waals surface area contributed by atoms with E-state index in [1.165, 1.54) is 32.1 Å². The van der Waals surface area contributed by atoms with E-state index in [1.54, 1.807) is 5.57 Å². The van der Waals surface area contributed by atoms with Gasteiger partial charge in [0.25, 0.3) is 0 Å². The van der Waals surface area contributed by atoms with Gasteiger partial charge in [-0.2, -0.15) is 0 Å². The van der Waals surface area contributed by atoms with Crippen molar-refractivity contribution in [3.8, 4) is 0 Å². The smallest absolute Gasteiger partial charge is 0.0628 e. The Hall–Kier alpha value is -0.340. The van der Waals surface area contributed by atoms with E-state index in [4.69, 9.17) is 0 Å². The Bertz CT molecular complexity index is 693. The molecule has 3 unspecified atom stereocenters. The number of hydrogen-bond donors (Lipinski definition) is 2. The summed E-state index contributed by atoms with van der Waals surface area (Å²) in [4.78, 5) is 0. The first kappa shape index (κ1) is 23.8. The highest BCUT2D eigenvalue weighted by Crippen LogP contribution is 2.68. The lowest BCUT2D eigenvalue weighted by molar-refractivity contribution is -0.0806. The van der Waals surface area contributed by atoms with Crippen LogP contribution < -0.4 is 0 Å². The van der Waals surface area contributed by atoms with Gasteiger partial charge in [0.1, 0.15) is 0 Å². The van der Waals surface area contributed by atoms with Gasteiger partial charge in [-0.15, -0.1) is 0 Å². The first-order chi connectivity index (χ1) is 14.4. The zero-order valence-corrected chi connectivity index (χ0v) is 21.5. The van der Waals surface area contributed by atoms with E-state index < -0.39 is 0 Å². The Labute approximate surface area is 192 Å². The van der Waals surface area contributed by atoms with Crippen molar-refractivity contribution in [1.82, 2.24) is 0 Å². The molecule has 2 heteroatoms. The summed E-state index contributed by atoms with van der Waals surface area (Å²) in [5.74, 6) is 3.95. The Morgan fingerprint density at radius 2 is 1.68 bits per heavy atom. The van der Waals surface area contributed by atoms with E-state index in [9.17, 15) is 10.2 Å². The third-order valence-electron chi connectivity index (χ3n) is 11.1. The van der Waals surface area contributed by atoms with Gasteiger partial charge < -0.3 is 10.2 Å². The molecule has 0 amide bonds. The van der Waals surface area contributed by atoms with E-state index >= 15 is 0 Å². The van der Waals surface area contributed by atoms with Crippen LogP contribution in [0, 0.1) is 51.8 Å². The zero-order valence-electron chi connectivity index (χ0n) is 21.5. The second kappa shape index (κ2) is 8.15. The predicted octanol–water partition coefficient (Wildman–Crippen LogP) is 7.00. The Balaban J connectivity index is 1.57. The topological polar surface area (TPSA) is 40.5 Å². The van der Waals surface area contributed by atoms with Gasteiger partial charge in [-0.25, -0.2) is 0 Å². The third-order valence-corrected chi connectivity index (χ3v) is 11.1. The predicted molar refractivity (Wildman–Crippen MR) is 130 cm³/mol. The number of aliphatic hydroxyl groups excluding tert-OH is 2. The molecule has 3 saturated carbocycles. The maximum atomic E-state index is 11.3. The summed E-state index contributed by atoms with van der Waals surface area (Å²) >= 11 is 0. The molecule has 0 aromatic heterocycles. The molecular formula is C29H50O2. The van der Waals surface area contributed by atoms with E-state index in [-0.39, 0.29) is 23.0 Å². The van der Waals surface area contributed by atoms with E-state index in [0.29, 0.717) is 29.1 Å². The van der Waals surface area contributed by atoms with Crippen LogP contribution in [0.3, 0.4) is 0 Å². The molecule has 31 heavy (non-hydrogen) atoms. The van der Waals surface area contributed by atoms with Gasteiger partial charge in [0.2, 0.25) is 0 Å². The van der Waals surface area contributed by atoms with Crippen LogP contribution in [0.1, 0.15) is 106 Å². The number of aliphatic hydroxyl groups is 2. The minimum Gasteiger partial charge on any atom is -0.393 e. The molecule has 2 N–H and O–H groups in total. The van der Waals surface area contributed by atoms with Crippen molar-refractivity contribution >= 4 is 0 Å². The summed E-state index contributed by atoms with van der Waals surface area (Å²) in [6.45, 7) is 16.7. The fourth-order valence-corrected chi connectivity index (χ4v) is 9.50. The van der Waals surface area contributed by atoms with E-state index in [2.05, 4.69) is 54.5 Å². The highest BCUT2D eigenvalue weighted by Gasteiger charge is 2.63. The number of hydrogen-bond acceptors (Lipinski definition) is 2. The van der Waals surface area contributed by atoms with Crippen molar-refractivity contribution in [3.63, 3.8) is 0 Å². The van der Waals surface area contributed by atoms with Crippen molar-refractivity contribution < 1.29 is 10.2 Å². The summed E-state index contributed by atoms with van der Waals surface area (Å²) in [5.41, 5.74) is 1.98. The van der Waals surface area contributed by atoms with Crippen molar-refractivity contribution in [1.29, 1.82) is 0 Å². The fourth-order valence-electron chi connectivity index (χ4n) is 9.50. The van der Waals surface area contributed by atoms with Gasteiger partial charge in [0.15, 0.2) is 0 Å².